The maximum Gasteiger partial charge on any atom is 0.258 e. The van der Waals surface area contributed by atoms with Crippen LogP contribution in [0.4, 0.5) is 5.69 Å². The number of rotatable bonds is 2. The number of aromatic nitrogens is 3. The first-order chi connectivity index (χ1) is 9.63. The van der Waals surface area contributed by atoms with Crippen LogP contribution in [-0.2, 0) is 0 Å². The number of anilines is 1. The van der Waals surface area contributed by atoms with Crippen LogP contribution in [0, 0.1) is 0 Å². The average molecular weight is 352 g/mol. The van der Waals surface area contributed by atoms with Gasteiger partial charge in [0.2, 0.25) is 5.82 Å². The monoisotopic (exact) mass is 350 g/mol. The zero-order valence-electron chi connectivity index (χ0n) is 10.0. The number of hydrogen-bond donors (Lipinski definition) is 1. The lowest BCUT2D eigenvalue weighted by Gasteiger charge is -1.98. The van der Waals surface area contributed by atoms with E-state index in [9.17, 15) is 0 Å². The molecule has 0 spiro atoms. The molecule has 7 heteroatoms. The number of pyridine rings is 1. The van der Waals surface area contributed by atoms with Crippen molar-refractivity contribution in [2.75, 3.05) is 5.73 Å². The smallest absolute Gasteiger partial charge is 0.258 e. The molecule has 1 aromatic carbocycles. The van der Waals surface area contributed by atoms with Gasteiger partial charge in [-0.05, 0) is 30.3 Å². The fourth-order valence-corrected chi connectivity index (χ4v) is 2.44. The third-order valence-electron chi connectivity index (χ3n) is 2.56. The molecule has 0 saturated heterocycles. The third kappa shape index (κ3) is 2.52. The van der Waals surface area contributed by atoms with E-state index in [2.05, 4.69) is 31.1 Å². The van der Waals surface area contributed by atoms with Crippen molar-refractivity contribution >= 4 is 33.2 Å². The van der Waals surface area contributed by atoms with Crippen LogP contribution in [0.25, 0.3) is 23.0 Å². The Bertz CT molecular complexity index is 754. The summed E-state index contributed by atoms with van der Waals surface area (Å²) < 4.78 is 6.07. The van der Waals surface area contributed by atoms with E-state index in [4.69, 9.17) is 21.9 Å². The van der Waals surface area contributed by atoms with E-state index in [0.717, 1.165) is 10.0 Å². The summed E-state index contributed by atoms with van der Waals surface area (Å²) in [7, 11) is 0. The summed E-state index contributed by atoms with van der Waals surface area (Å²) in [4.78, 5) is 8.43. The number of hydrogen-bond acceptors (Lipinski definition) is 5. The molecule has 3 aromatic rings. The topological polar surface area (TPSA) is 77.8 Å². The number of benzene rings is 1. The van der Waals surface area contributed by atoms with Crippen molar-refractivity contribution < 1.29 is 4.52 Å². The van der Waals surface area contributed by atoms with Gasteiger partial charge in [-0.1, -0.05) is 32.7 Å². The first kappa shape index (κ1) is 13.1. The highest BCUT2D eigenvalue weighted by Crippen LogP contribution is 2.28. The molecule has 0 fully saturated rings. The lowest BCUT2D eigenvalue weighted by molar-refractivity contribution is 0.432. The van der Waals surface area contributed by atoms with Gasteiger partial charge in [0.25, 0.3) is 5.89 Å². The molecule has 0 aliphatic heterocycles. The van der Waals surface area contributed by atoms with Gasteiger partial charge in [0.05, 0.1) is 5.02 Å². The summed E-state index contributed by atoms with van der Waals surface area (Å²) >= 11 is 9.42. The zero-order chi connectivity index (χ0) is 14.1. The van der Waals surface area contributed by atoms with E-state index in [1.54, 1.807) is 30.5 Å². The number of nitrogens with zero attached hydrogens (tertiary/aromatic N) is 3. The molecule has 0 aliphatic rings. The van der Waals surface area contributed by atoms with Gasteiger partial charge in [-0.25, -0.2) is 0 Å². The molecule has 2 N–H and O–H groups in total. The minimum atomic E-state index is 0.337. The molecule has 100 valence electrons. The minimum Gasteiger partial charge on any atom is -0.399 e. The Kier molecular flexibility index (Phi) is 3.42. The Morgan fingerprint density at radius 3 is 2.85 bits per heavy atom. The molecule has 2 aromatic heterocycles. The van der Waals surface area contributed by atoms with Gasteiger partial charge in [0.1, 0.15) is 5.69 Å². The van der Waals surface area contributed by atoms with Gasteiger partial charge in [0.15, 0.2) is 0 Å². The molecular formula is C13H8BrClN4O. The number of nitrogen functional groups attached to an aromatic ring is 1. The largest absolute Gasteiger partial charge is 0.399 e. The molecule has 0 saturated carbocycles. The van der Waals surface area contributed by atoms with Crippen LogP contribution in [-0.4, -0.2) is 15.1 Å². The highest BCUT2D eigenvalue weighted by atomic mass is 79.9. The lowest BCUT2D eigenvalue weighted by atomic mass is 10.2. The fourth-order valence-electron chi connectivity index (χ4n) is 1.72. The van der Waals surface area contributed by atoms with Gasteiger partial charge in [-0.3, -0.25) is 4.98 Å². The van der Waals surface area contributed by atoms with Crippen LogP contribution in [0.5, 0.6) is 0 Å². The van der Waals surface area contributed by atoms with Gasteiger partial charge in [-0.2, -0.15) is 4.98 Å². The van der Waals surface area contributed by atoms with Gasteiger partial charge < -0.3 is 10.3 Å². The van der Waals surface area contributed by atoms with Gasteiger partial charge in [-0.15, -0.1) is 0 Å². The summed E-state index contributed by atoms with van der Waals surface area (Å²) in [5, 5.41) is 4.36. The van der Waals surface area contributed by atoms with Gasteiger partial charge in [0, 0.05) is 21.9 Å². The van der Waals surface area contributed by atoms with Crippen LogP contribution in [0.15, 0.2) is 45.5 Å². The Labute approximate surface area is 127 Å². The third-order valence-corrected chi connectivity index (χ3v) is 3.33. The maximum atomic E-state index is 6.05. The van der Waals surface area contributed by atoms with Crippen LogP contribution in [0.2, 0.25) is 5.02 Å². The van der Waals surface area contributed by atoms with Crippen molar-refractivity contribution in [1.29, 1.82) is 0 Å². The second-order valence-corrected chi connectivity index (χ2v) is 5.35. The highest BCUT2D eigenvalue weighted by Gasteiger charge is 2.14. The van der Waals surface area contributed by atoms with Crippen molar-refractivity contribution in [2.45, 2.75) is 0 Å². The molecule has 0 atom stereocenters. The second-order valence-electron chi connectivity index (χ2n) is 4.03. The molecule has 3 rings (SSSR count). The SMILES string of the molecule is Nc1cc(Br)cc(-c2nc(-c3ncccc3Cl)no2)c1. The molecule has 0 unspecified atom stereocenters. The summed E-state index contributed by atoms with van der Waals surface area (Å²) in [6.07, 6.45) is 1.62. The average Bonchev–Trinajstić information content (AvgIpc) is 2.87. The maximum absolute atomic E-state index is 6.05. The molecule has 0 radical (unpaired) electrons. The van der Waals surface area contributed by atoms with Crippen LogP contribution >= 0.6 is 27.5 Å². The molecule has 0 amide bonds. The Balaban J connectivity index is 2.04. The molecule has 5 nitrogen and oxygen atoms in total. The number of nitrogens with two attached hydrogens (primary N) is 1. The summed E-state index contributed by atoms with van der Waals surface area (Å²) in [6, 6.07) is 8.84. The van der Waals surface area contributed by atoms with E-state index < -0.39 is 0 Å². The van der Waals surface area contributed by atoms with Crippen LogP contribution in [0.3, 0.4) is 0 Å². The second kappa shape index (κ2) is 5.22. The first-order valence-corrected chi connectivity index (χ1v) is 6.81. The van der Waals surface area contributed by atoms with Crippen molar-refractivity contribution in [3.63, 3.8) is 0 Å². The summed E-state index contributed by atoms with van der Waals surface area (Å²) in [5.74, 6) is 0.693. The fraction of sp³-hybridized carbons (Fsp3) is 0. The molecular weight excluding hydrogens is 344 g/mol. The first-order valence-electron chi connectivity index (χ1n) is 5.64. The highest BCUT2D eigenvalue weighted by molar-refractivity contribution is 9.10. The van der Waals surface area contributed by atoms with Crippen molar-refractivity contribution in [3.8, 4) is 23.0 Å². The lowest BCUT2D eigenvalue weighted by Crippen LogP contribution is -1.88. The van der Waals surface area contributed by atoms with E-state index in [1.807, 2.05) is 6.07 Å². The van der Waals surface area contributed by atoms with Crippen molar-refractivity contribution in [3.05, 3.63) is 46.0 Å². The minimum absolute atomic E-state index is 0.337. The van der Waals surface area contributed by atoms with Crippen molar-refractivity contribution in [1.82, 2.24) is 15.1 Å². The predicted molar refractivity (Wildman–Crippen MR) is 80.1 cm³/mol. The molecule has 20 heavy (non-hydrogen) atoms. The van der Waals surface area contributed by atoms with E-state index >= 15 is 0 Å². The Morgan fingerprint density at radius 1 is 1.25 bits per heavy atom. The predicted octanol–water partition coefficient (Wildman–Crippen LogP) is 3.80. The zero-order valence-corrected chi connectivity index (χ0v) is 12.4. The van der Waals surface area contributed by atoms with E-state index in [1.165, 1.54) is 0 Å². The van der Waals surface area contributed by atoms with Crippen LogP contribution < -0.4 is 5.73 Å². The van der Waals surface area contributed by atoms with Crippen LogP contribution in [0.1, 0.15) is 0 Å². The summed E-state index contributed by atoms with van der Waals surface area (Å²) in [6.45, 7) is 0. The van der Waals surface area contributed by atoms with E-state index in [0.29, 0.717) is 28.1 Å². The van der Waals surface area contributed by atoms with E-state index in [-0.39, 0.29) is 0 Å². The Morgan fingerprint density at radius 2 is 2.10 bits per heavy atom. The normalized spacial score (nSPS) is 10.7. The Hall–Kier alpha value is -1.92. The quantitative estimate of drug-likeness (QED) is 0.711. The summed E-state index contributed by atoms with van der Waals surface area (Å²) in [5.41, 5.74) is 7.59. The molecule has 2 heterocycles. The molecule has 0 aliphatic carbocycles. The van der Waals surface area contributed by atoms with Crippen molar-refractivity contribution in [2.24, 2.45) is 0 Å². The standard InChI is InChI=1S/C13H8BrClN4O/c14-8-4-7(5-9(16)6-8)13-18-12(19-20-13)11-10(15)2-1-3-17-11/h1-6H,16H2. The number of halogens is 2. The van der Waals surface area contributed by atoms with Gasteiger partial charge >= 0.3 is 0 Å². The molecule has 0 bridgehead atoms.